The first kappa shape index (κ1) is 96.2. The van der Waals surface area contributed by atoms with Crippen molar-refractivity contribution in [3.8, 4) is 0 Å². The summed E-state index contributed by atoms with van der Waals surface area (Å²) < 4.78 is 68.5. The molecular formula is C81H144O17P2. The Morgan fingerprint density at radius 2 is 0.530 bits per heavy atom. The van der Waals surface area contributed by atoms with Crippen LogP contribution in [-0.2, 0) is 65.4 Å². The van der Waals surface area contributed by atoms with E-state index in [2.05, 4.69) is 101 Å². The Labute approximate surface area is 608 Å². The first-order valence-electron chi connectivity index (χ1n) is 39.8. The van der Waals surface area contributed by atoms with Crippen LogP contribution < -0.4 is 0 Å². The zero-order chi connectivity index (χ0) is 73.2. The molecule has 0 rings (SSSR count). The van der Waals surface area contributed by atoms with Gasteiger partial charge in [0.05, 0.1) is 26.4 Å². The highest BCUT2D eigenvalue weighted by Crippen LogP contribution is 2.45. The molecule has 0 radical (unpaired) electrons. The van der Waals surface area contributed by atoms with E-state index in [-0.39, 0.29) is 25.7 Å². The zero-order valence-corrected chi connectivity index (χ0v) is 65.2. The fourth-order valence-electron chi connectivity index (χ4n) is 10.8. The second-order valence-electron chi connectivity index (χ2n) is 26.6. The first-order valence-corrected chi connectivity index (χ1v) is 42.8. The van der Waals surface area contributed by atoms with Gasteiger partial charge in [-0.1, -0.05) is 293 Å². The summed E-state index contributed by atoms with van der Waals surface area (Å²) in [6.07, 6.45) is 75.7. The molecule has 0 bridgehead atoms. The maximum Gasteiger partial charge on any atom is 0.472 e. The standard InChI is InChI=1S/C81H144O17P2/c1-5-9-13-17-21-25-29-33-36-37-40-43-46-50-54-58-62-66-79(84)92-71-76(97-80(85)67-63-59-55-51-47-41-32-28-24-20-16-12-8-4)73-95-99(87,88)93-69-75(82)70-94-100(89,90)96-74-77(98-81(86)68-64-60-56-52-48-44-39-35-31-27-23-19-15-11-7-3)72-91-78(83)65-61-57-53-49-45-42-38-34-30-26-22-18-14-10-6-2/h9,13,21,25,33-36,38-40,43,50,54,75-77,82H,5-8,10-12,14-20,22-24,26-32,37,41-42,44-49,51-53,55-74H2,1-4H3,(H,87,88)(H,89,90)/b13-9-,25-21-,36-33-,38-34-,39-35-,43-40-,54-50-. The van der Waals surface area contributed by atoms with Crippen LogP contribution in [0.1, 0.15) is 349 Å². The number of phosphoric ester groups is 2. The van der Waals surface area contributed by atoms with Crippen LogP contribution in [0.2, 0.25) is 0 Å². The van der Waals surface area contributed by atoms with Crippen LogP contribution in [0.5, 0.6) is 0 Å². The summed E-state index contributed by atoms with van der Waals surface area (Å²) in [5, 5.41) is 10.6. The lowest BCUT2D eigenvalue weighted by Gasteiger charge is -2.21. The molecule has 0 amide bonds. The van der Waals surface area contributed by atoms with Crippen molar-refractivity contribution in [2.24, 2.45) is 0 Å². The van der Waals surface area contributed by atoms with E-state index in [4.69, 9.17) is 37.0 Å². The number of aliphatic hydroxyl groups is 1. The largest absolute Gasteiger partial charge is 0.472 e. The summed E-state index contributed by atoms with van der Waals surface area (Å²) in [6.45, 7) is 4.72. The molecule has 17 nitrogen and oxygen atoms in total. The Balaban J connectivity index is 5.38. The number of hydrogen-bond acceptors (Lipinski definition) is 15. The van der Waals surface area contributed by atoms with Crippen molar-refractivity contribution in [2.75, 3.05) is 39.6 Å². The Kier molecular flexibility index (Phi) is 70.8. The van der Waals surface area contributed by atoms with Crippen molar-refractivity contribution in [2.45, 2.75) is 367 Å². The first-order chi connectivity index (χ1) is 48.7. The Morgan fingerprint density at radius 3 is 0.850 bits per heavy atom. The highest BCUT2D eigenvalue weighted by Gasteiger charge is 2.30. The van der Waals surface area contributed by atoms with Gasteiger partial charge in [-0.25, -0.2) is 9.13 Å². The molecule has 0 aliphatic carbocycles. The molecule has 100 heavy (non-hydrogen) atoms. The molecule has 3 N–H and O–H groups in total. The van der Waals surface area contributed by atoms with Gasteiger partial charge >= 0.3 is 39.5 Å². The average Bonchev–Trinajstić information content (AvgIpc) is 0.965. The van der Waals surface area contributed by atoms with Gasteiger partial charge in [-0.15, -0.1) is 0 Å². The molecule has 0 heterocycles. The maximum absolute atomic E-state index is 13.1. The van der Waals surface area contributed by atoms with Crippen LogP contribution in [-0.4, -0.2) is 96.7 Å². The summed E-state index contributed by atoms with van der Waals surface area (Å²) in [5.74, 6) is -2.24. The lowest BCUT2D eigenvalue weighted by atomic mass is 10.0. The number of carbonyl (C=O) groups excluding carboxylic acids is 4. The molecule has 0 spiro atoms. The number of carbonyl (C=O) groups is 4. The fraction of sp³-hybridized carbons (Fsp3) is 0.778. The summed E-state index contributed by atoms with van der Waals surface area (Å²) in [6, 6.07) is 0. The van der Waals surface area contributed by atoms with Gasteiger partial charge in [0.1, 0.15) is 19.3 Å². The highest BCUT2D eigenvalue weighted by molar-refractivity contribution is 7.47. The molecule has 0 aliphatic rings. The van der Waals surface area contributed by atoms with E-state index < -0.39 is 97.5 Å². The van der Waals surface area contributed by atoms with Gasteiger partial charge in [-0.3, -0.25) is 37.3 Å². The summed E-state index contributed by atoms with van der Waals surface area (Å²) in [4.78, 5) is 72.9. The molecule has 580 valence electrons. The van der Waals surface area contributed by atoms with E-state index in [0.29, 0.717) is 32.1 Å². The number of rotatable bonds is 75. The van der Waals surface area contributed by atoms with Crippen molar-refractivity contribution < 1.29 is 80.2 Å². The SMILES string of the molecule is CC/C=C\C/C=C\C/C=C\C/C=C\C/C=C\CCCC(=O)OCC(COP(=O)(O)OCC(O)COP(=O)(O)OCC(COC(=O)CCCCCCC/C=C\CCCCCCCC)OC(=O)CCCCCCC/C=C\CCCCCCCC)OC(=O)CCCCCCCCCCCCCCC. The van der Waals surface area contributed by atoms with E-state index in [1.807, 2.05) is 12.2 Å². The van der Waals surface area contributed by atoms with Crippen LogP contribution >= 0.6 is 15.6 Å². The van der Waals surface area contributed by atoms with Crippen molar-refractivity contribution >= 4 is 39.5 Å². The van der Waals surface area contributed by atoms with Gasteiger partial charge in [0.2, 0.25) is 0 Å². The second kappa shape index (κ2) is 73.5. The predicted octanol–water partition coefficient (Wildman–Crippen LogP) is 23.0. The Bertz CT molecular complexity index is 2230. The lowest BCUT2D eigenvalue weighted by molar-refractivity contribution is -0.161. The molecule has 0 aromatic heterocycles. The normalized spacial score (nSPS) is 14.3. The van der Waals surface area contributed by atoms with Crippen LogP contribution in [0, 0.1) is 0 Å². The minimum absolute atomic E-state index is 0.0850. The molecule has 0 saturated carbocycles. The smallest absolute Gasteiger partial charge is 0.462 e. The Hall–Kier alpha value is -3.76. The number of phosphoric acid groups is 2. The van der Waals surface area contributed by atoms with Gasteiger partial charge in [-0.2, -0.15) is 0 Å². The number of ether oxygens (including phenoxy) is 4. The van der Waals surface area contributed by atoms with Crippen molar-refractivity contribution in [3.05, 3.63) is 85.1 Å². The molecule has 0 saturated heterocycles. The summed E-state index contributed by atoms with van der Waals surface area (Å²) in [7, 11) is -9.96. The van der Waals surface area contributed by atoms with E-state index in [1.165, 1.54) is 128 Å². The minimum atomic E-state index is -4.98. The van der Waals surface area contributed by atoms with Gasteiger partial charge in [-0.05, 0) is 116 Å². The second-order valence-corrected chi connectivity index (χ2v) is 29.5. The van der Waals surface area contributed by atoms with Crippen LogP contribution in [0.15, 0.2) is 85.1 Å². The maximum atomic E-state index is 13.1. The van der Waals surface area contributed by atoms with Gasteiger partial charge in [0, 0.05) is 25.7 Å². The molecule has 0 aromatic carbocycles. The molecular weight excluding hydrogens is 1310 g/mol. The molecule has 0 aromatic rings. The molecule has 0 aliphatic heterocycles. The third-order valence-corrected chi connectivity index (χ3v) is 18.7. The number of unbranched alkanes of at least 4 members (excludes halogenated alkanes) is 35. The van der Waals surface area contributed by atoms with E-state index >= 15 is 0 Å². The van der Waals surface area contributed by atoms with Gasteiger partial charge < -0.3 is 33.8 Å². The number of hydrogen-bond donors (Lipinski definition) is 3. The molecule has 5 atom stereocenters. The third-order valence-electron chi connectivity index (χ3n) is 16.8. The zero-order valence-electron chi connectivity index (χ0n) is 63.4. The van der Waals surface area contributed by atoms with E-state index in [9.17, 15) is 43.2 Å². The quantitative estimate of drug-likeness (QED) is 0.0169. The molecule has 5 unspecified atom stereocenters. The number of aliphatic hydroxyl groups excluding tert-OH is 1. The lowest BCUT2D eigenvalue weighted by Crippen LogP contribution is -2.30. The fourth-order valence-corrected chi connectivity index (χ4v) is 12.4. The van der Waals surface area contributed by atoms with Crippen LogP contribution in [0.4, 0.5) is 0 Å². The van der Waals surface area contributed by atoms with Gasteiger partial charge in [0.25, 0.3) is 0 Å². The van der Waals surface area contributed by atoms with Crippen molar-refractivity contribution in [1.29, 1.82) is 0 Å². The van der Waals surface area contributed by atoms with Crippen molar-refractivity contribution in [3.63, 3.8) is 0 Å². The van der Waals surface area contributed by atoms with Crippen LogP contribution in [0.25, 0.3) is 0 Å². The predicted molar refractivity (Wildman–Crippen MR) is 409 cm³/mol. The number of allylic oxidation sites excluding steroid dienone is 14. The van der Waals surface area contributed by atoms with E-state index in [0.717, 1.165) is 135 Å². The third kappa shape index (κ3) is 72.6. The number of esters is 4. The van der Waals surface area contributed by atoms with E-state index in [1.54, 1.807) is 0 Å². The minimum Gasteiger partial charge on any atom is -0.462 e. The Morgan fingerprint density at radius 1 is 0.290 bits per heavy atom. The molecule has 0 fully saturated rings. The summed E-state index contributed by atoms with van der Waals surface area (Å²) >= 11 is 0. The summed E-state index contributed by atoms with van der Waals surface area (Å²) in [5.41, 5.74) is 0. The van der Waals surface area contributed by atoms with Crippen LogP contribution in [0.3, 0.4) is 0 Å². The monoisotopic (exact) mass is 1450 g/mol. The van der Waals surface area contributed by atoms with Gasteiger partial charge in [0.15, 0.2) is 12.2 Å². The highest BCUT2D eigenvalue weighted by atomic mass is 31.2. The van der Waals surface area contributed by atoms with Crippen molar-refractivity contribution in [1.82, 2.24) is 0 Å². The topological polar surface area (TPSA) is 237 Å². The average molecular weight is 1450 g/mol. The molecule has 19 heteroatoms.